The van der Waals surface area contributed by atoms with Crippen molar-refractivity contribution in [3.8, 4) is 11.5 Å². The third kappa shape index (κ3) is 7.68. The van der Waals surface area contributed by atoms with Gasteiger partial charge in [-0.05, 0) is 31.9 Å². The number of carbonyl (C=O) groups is 2. The summed E-state index contributed by atoms with van der Waals surface area (Å²) >= 11 is 0. The Labute approximate surface area is 138 Å². The quantitative estimate of drug-likeness (QED) is 0.495. The van der Waals surface area contributed by atoms with Gasteiger partial charge in [0.2, 0.25) is 5.91 Å². The normalized spacial score (nSPS) is 10.2. The zero-order valence-electron chi connectivity index (χ0n) is 14.3. The van der Waals surface area contributed by atoms with E-state index in [1.165, 1.54) is 6.92 Å². The van der Waals surface area contributed by atoms with Crippen LogP contribution in [0.4, 0.5) is 5.69 Å². The minimum absolute atomic E-state index is 0.124. The first-order chi connectivity index (χ1) is 11.1. The van der Waals surface area contributed by atoms with Crippen LogP contribution in [0.3, 0.4) is 0 Å². The molecule has 0 saturated carbocycles. The third-order valence-corrected chi connectivity index (χ3v) is 3.15. The molecule has 1 aromatic carbocycles. The molecule has 5 heteroatoms. The van der Waals surface area contributed by atoms with Crippen molar-refractivity contribution >= 4 is 17.4 Å². The van der Waals surface area contributed by atoms with Crippen molar-refractivity contribution in [3.63, 3.8) is 0 Å². The molecule has 0 aliphatic heterocycles. The van der Waals surface area contributed by atoms with E-state index in [2.05, 4.69) is 19.2 Å². The molecule has 0 aliphatic rings. The van der Waals surface area contributed by atoms with Crippen LogP contribution in [0.2, 0.25) is 0 Å². The van der Waals surface area contributed by atoms with Crippen LogP contribution in [0, 0.1) is 0 Å². The van der Waals surface area contributed by atoms with E-state index in [0.717, 1.165) is 25.7 Å². The van der Waals surface area contributed by atoms with Gasteiger partial charge >= 0.3 is 0 Å². The first-order valence-corrected chi connectivity index (χ1v) is 8.25. The van der Waals surface area contributed by atoms with Crippen LogP contribution >= 0.6 is 0 Å². The number of Topliss-reactive ketones (excluding diaryl/α,β-unsaturated/α-hetero) is 1. The molecule has 0 radical (unpaired) electrons. The Morgan fingerprint density at radius 2 is 1.61 bits per heavy atom. The van der Waals surface area contributed by atoms with Crippen LogP contribution in [0.5, 0.6) is 11.5 Å². The van der Waals surface area contributed by atoms with Gasteiger partial charge in [0.25, 0.3) is 0 Å². The van der Waals surface area contributed by atoms with Crippen molar-refractivity contribution in [1.29, 1.82) is 0 Å². The third-order valence-electron chi connectivity index (χ3n) is 3.15. The number of ether oxygens (including phenoxy) is 2. The Morgan fingerprint density at radius 1 is 1.00 bits per heavy atom. The van der Waals surface area contributed by atoms with Crippen LogP contribution < -0.4 is 14.8 Å². The highest BCUT2D eigenvalue weighted by Crippen LogP contribution is 2.31. The van der Waals surface area contributed by atoms with Crippen LogP contribution in [0.15, 0.2) is 18.2 Å². The molecule has 128 valence electrons. The molecule has 1 aromatic rings. The van der Waals surface area contributed by atoms with Gasteiger partial charge in [0.15, 0.2) is 11.5 Å². The van der Waals surface area contributed by atoms with Gasteiger partial charge in [-0.2, -0.15) is 0 Å². The number of nitrogens with one attached hydrogen (secondary N) is 1. The molecule has 0 fully saturated rings. The van der Waals surface area contributed by atoms with E-state index >= 15 is 0 Å². The van der Waals surface area contributed by atoms with Crippen LogP contribution in [-0.2, 0) is 9.59 Å². The molecular weight excluding hydrogens is 294 g/mol. The standard InChI is InChI=1S/C18H27NO4/c1-4-6-10-22-16-9-8-15(19-18(21)12-14(3)20)13-17(16)23-11-7-5-2/h8-9,13H,4-7,10-12H2,1-3H3,(H,19,21). The lowest BCUT2D eigenvalue weighted by molar-refractivity contribution is -0.124. The summed E-state index contributed by atoms with van der Waals surface area (Å²) in [5.74, 6) is 0.812. The van der Waals surface area contributed by atoms with E-state index in [9.17, 15) is 9.59 Å². The molecule has 23 heavy (non-hydrogen) atoms. The summed E-state index contributed by atoms with van der Waals surface area (Å²) in [7, 11) is 0. The maximum atomic E-state index is 11.7. The number of hydrogen-bond acceptors (Lipinski definition) is 4. The predicted molar refractivity (Wildman–Crippen MR) is 91.2 cm³/mol. The molecule has 0 atom stereocenters. The van der Waals surface area contributed by atoms with Gasteiger partial charge in [-0.1, -0.05) is 26.7 Å². The van der Waals surface area contributed by atoms with Gasteiger partial charge in [-0.25, -0.2) is 0 Å². The summed E-state index contributed by atoms with van der Waals surface area (Å²) in [6.07, 6.45) is 3.91. The van der Waals surface area contributed by atoms with Gasteiger partial charge in [0, 0.05) is 11.8 Å². The SMILES string of the molecule is CCCCOc1ccc(NC(=O)CC(C)=O)cc1OCCCC. The average Bonchev–Trinajstić information content (AvgIpc) is 2.49. The monoisotopic (exact) mass is 321 g/mol. The second kappa shape index (κ2) is 10.6. The minimum atomic E-state index is -0.323. The van der Waals surface area contributed by atoms with Crippen molar-refractivity contribution < 1.29 is 19.1 Å². The van der Waals surface area contributed by atoms with Crippen LogP contribution in [-0.4, -0.2) is 24.9 Å². The zero-order chi connectivity index (χ0) is 17.1. The van der Waals surface area contributed by atoms with Gasteiger partial charge < -0.3 is 14.8 Å². The predicted octanol–water partition coefficient (Wildman–Crippen LogP) is 3.96. The Bertz CT molecular complexity index is 514. The summed E-state index contributed by atoms with van der Waals surface area (Å²) in [4.78, 5) is 22.7. The lowest BCUT2D eigenvalue weighted by atomic mass is 10.2. The van der Waals surface area contributed by atoms with Crippen molar-refractivity contribution in [1.82, 2.24) is 0 Å². The summed E-state index contributed by atoms with van der Waals surface area (Å²) in [6, 6.07) is 5.29. The second-order valence-electron chi connectivity index (χ2n) is 5.49. The average molecular weight is 321 g/mol. The number of anilines is 1. The van der Waals surface area contributed by atoms with Crippen LogP contribution in [0.25, 0.3) is 0 Å². The van der Waals surface area contributed by atoms with E-state index in [1.54, 1.807) is 18.2 Å². The highest BCUT2D eigenvalue weighted by molar-refractivity contribution is 6.03. The Hall–Kier alpha value is -2.04. The maximum Gasteiger partial charge on any atom is 0.231 e. The smallest absolute Gasteiger partial charge is 0.231 e. The van der Waals surface area contributed by atoms with Crippen LogP contribution in [0.1, 0.15) is 52.9 Å². The molecular formula is C18H27NO4. The number of benzene rings is 1. The van der Waals surface area contributed by atoms with Crippen molar-refractivity contribution in [2.75, 3.05) is 18.5 Å². The zero-order valence-corrected chi connectivity index (χ0v) is 14.3. The maximum absolute atomic E-state index is 11.7. The van der Waals surface area contributed by atoms with E-state index in [1.807, 2.05) is 0 Å². The van der Waals surface area contributed by atoms with Crippen molar-refractivity contribution in [2.24, 2.45) is 0 Å². The highest BCUT2D eigenvalue weighted by Gasteiger charge is 2.10. The van der Waals surface area contributed by atoms with E-state index in [0.29, 0.717) is 30.4 Å². The molecule has 0 aromatic heterocycles. The molecule has 0 spiro atoms. The van der Waals surface area contributed by atoms with E-state index < -0.39 is 0 Å². The number of unbranched alkanes of at least 4 members (excludes halogenated alkanes) is 2. The summed E-state index contributed by atoms with van der Waals surface area (Å²) in [5.41, 5.74) is 0.602. The second-order valence-corrected chi connectivity index (χ2v) is 5.49. The van der Waals surface area contributed by atoms with Gasteiger partial charge in [-0.3, -0.25) is 9.59 Å². The summed E-state index contributed by atoms with van der Waals surface area (Å²) in [5, 5.41) is 2.70. The molecule has 0 unspecified atom stereocenters. The largest absolute Gasteiger partial charge is 0.490 e. The van der Waals surface area contributed by atoms with Crippen molar-refractivity contribution in [3.05, 3.63) is 18.2 Å². The number of ketones is 1. The molecule has 0 aliphatic carbocycles. The topological polar surface area (TPSA) is 64.6 Å². The number of carbonyl (C=O) groups excluding carboxylic acids is 2. The molecule has 0 saturated heterocycles. The Balaban J connectivity index is 2.78. The molecule has 0 heterocycles. The number of hydrogen-bond donors (Lipinski definition) is 1. The molecule has 1 rings (SSSR count). The highest BCUT2D eigenvalue weighted by atomic mass is 16.5. The van der Waals surface area contributed by atoms with E-state index in [4.69, 9.17) is 9.47 Å². The Morgan fingerprint density at radius 3 is 2.17 bits per heavy atom. The lowest BCUT2D eigenvalue weighted by Gasteiger charge is -2.14. The van der Waals surface area contributed by atoms with Crippen molar-refractivity contribution in [2.45, 2.75) is 52.9 Å². The summed E-state index contributed by atoms with van der Waals surface area (Å²) in [6.45, 7) is 6.84. The molecule has 1 N–H and O–H groups in total. The van der Waals surface area contributed by atoms with Gasteiger partial charge in [0.05, 0.1) is 19.6 Å². The van der Waals surface area contributed by atoms with Gasteiger partial charge in [-0.15, -0.1) is 0 Å². The van der Waals surface area contributed by atoms with Gasteiger partial charge in [0.1, 0.15) is 5.78 Å². The fourth-order valence-corrected chi connectivity index (χ4v) is 1.90. The molecule has 1 amide bonds. The Kier molecular flexibility index (Phi) is 8.80. The number of amides is 1. The summed E-state index contributed by atoms with van der Waals surface area (Å²) < 4.78 is 11.5. The first-order valence-electron chi connectivity index (χ1n) is 8.25. The molecule has 5 nitrogen and oxygen atoms in total. The molecule has 0 bridgehead atoms. The lowest BCUT2D eigenvalue weighted by Crippen LogP contribution is -2.14. The minimum Gasteiger partial charge on any atom is -0.490 e. The fraction of sp³-hybridized carbons (Fsp3) is 0.556. The van der Waals surface area contributed by atoms with E-state index in [-0.39, 0.29) is 18.1 Å². The first kappa shape index (κ1) is 19.0. The number of rotatable bonds is 11. The fourth-order valence-electron chi connectivity index (χ4n) is 1.90.